The van der Waals surface area contributed by atoms with Gasteiger partial charge in [-0.2, -0.15) is 0 Å². The van der Waals surface area contributed by atoms with E-state index in [0.29, 0.717) is 17.1 Å². The predicted molar refractivity (Wildman–Crippen MR) is 126 cm³/mol. The first-order valence-corrected chi connectivity index (χ1v) is 13.5. The summed E-state index contributed by atoms with van der Waals surface area (Å²) >= 11 is 0. The van der Waals surface area contributed by atoms with Gasteiger partial charge < -0.3 is 14.8 Å². The summed E-state index contributed by atoms with van der Waals surface area (Å²) in [7, 11) is -4.91. The van der Waals surface area contributed by atoms with Crippen LogP contribution in [0, 0.1) is 0 Å². The summed E-state index contributed by atoms with van der Waals surface area (Å²) in [4.78, 5) is 13.0. The Bertz CT molecular complexity index is 1430. The first-order chi connectivity index (χ1) is 16.2. The molecule has 1 aliphatic heterocycles. The van der Waals surface area contributed by atoms with Crippen molar-refractivity contribution in [2.24, 2.45) is 0 Å². The zero-order valence-corrected chi connectivity index (χ0v) is 20.1. The summed E-state index contributed by atoms with van der Waals surface area (Å²) in [5, 5.41) is 1.37. The Hall–Kier alpha value is -3.37. The molecule has 3 aromatic carbocycles. The maximum absolute atomic E-state index is 13.4. The average Bonchev–Trinajstić information content (AvgIpc) is 3.14. The molecular weight excluding hydrogens is 478 g/mol. The van der Waals surface area contributed by atoms with E-state index in [1.54, 1.807) is 36.4 Å². The standard InChI is InChI=1S/C24H23NO7S2/c1-31-17-11-16(12-18(13-17)32-2)14-25-24(26)20-9-6-10-21-23(20)22(15-33(21,27)28)34(29,30)19-7-4-3-5-8-19/h3-13,22H,14-15H2,1-2H3,(H,25,26). The number of hydrogen-bond acceptors (Lipinski definition) is 7. The Labute approximate surface area is 198 Å². The maximum atomic E-state index is 13.4. The normalized spacial score (nSPS) is 16.5. The number of amides is 1. The number of ether oxygens (including phenoxy) is 2. The number of fused-ring (bicyclic) bond motifs is 1. The third kappa shape index (κ3) is 4.38. The second-order valence-electron chi connectivity index (χ2n) is 7.75. The summed E-state index contributed by atoms with van der Waals surface area (Å²) in [6, 6.07) is 17.0. The molecule has 0 radical (unpaired) electrons. The van der Waals surface area contributed by atoms with E-state index in [9.17, 15) is 21.6 Å². The molecule has 8 nitrogen and oxygen atoms in total. The first-order valence-electron chi connectivity index (χ1n) is 10.3. The largest absolute Gasteiger partial charge is 0.497 e. The second-order valence-corrected chi connectivity index (χ2v) is 11.9. The molecule has 1 heterocycles. The number of carbonyl (C=O) groups excluding carboxylic acids is 1. The van der Waals surface area contributed by atoms with Gasteiger partial charge in [-0.05, 0) is 42.0 Å². The SMILES string of the molecule is COc1cc(CNC(=O)c2cccc3c2C(S(=O)(=O)c2ccccc2)CS3(=O)=O)cc(OC)c1. The van der Waals surface area contributed by atoms with Crippen LogP contribution in [0.25, 0.3) is 0 Å². The third-order valence-corrected chi connectivity index (χ3v) is 9.74. The molecule has 0 aromatic heterocycles. The van der Waals surface area contributed by atoms with Gasteiger partial charge in [-0.25, -0.2) is 16.8 Å². The smallest absolute Gasteiger partial charge is 0.251 e. The number of benzene rings is 3. The molecule has 1 N–H and O–H groups in total. The minimum absolute atomic E-state index is 0.00161. The molecule has 1 amide bonds. The van der Waals surface area contributed by atoms with Crippen molar-refractivity contribution in [1.29, 1.82) is 0 Å². The van der Waals surface area contributed by atoms with E-state index in [4.69, 9.17) is 9.47 Å². The summed E-state index contributed by atoms with van der Waals surface area (Å²) < 4.78 is 62.8. The van der Waals surface area contributed by atoms with Crippen molar-refractivity contribution < 1.29 is 31.1 Å². The molecule has 0 saturated carbocycles. The third-order valence-electron chi connectivity index (χ3n) is 5.65. The van der Waals surface area contributed by atoms with Crippen molar-refractivity contribution in [3.63, 3.8) is 0 Å². The number of carbonyl (C=O) groups is 1. The monoisotopic (exact) mass is 501 g/mol. The minimum atomic E-state index is -4.06. The summed E-state index contributed by atoms with van der Waals surface area (Å²) in [6.45, 7) is 0.0961. The van der Waals surface area contributed by atoms with E-state index in [2.05, 4.69) is 5.32 Å². The number of sulfone groups is 2. The average molecular weight is 502 g/mol. The molecule has 178 valence electrons. The highest BCUT2D eigenvalue weighted by atomic mass is 32.2. The van der Waals surface area contributed by atoms with Crippen molar-refractivity contribution in [2.75, 3.05) is 20.0 Å². The molecule has 1 atom stereocenters. The van der Waals surface area contributed by atoms with Gasteiger partial charge in [0.1, 0.15) is 16.7 Å². The highest BCUT2D eigenvalue weighted by Crippen LogP contribution is 2.42. The Morgan fingerprint density at radius 1 is 0.971 bits per heavy atom. The maximum Gasteiger partial charge on any atom is 0.251 e. The quantitative estimate of drug-likeness (QED) is 0.529. The van der Waals surface area contributed by atoms with E-state index in [0.717, 1.165) is 0 Å². The van der Waals surface area contributed by atoms with Crippen LogP contribution in [0.3, 0.4) is 0 Å². The van der Waals surface area contributed by atoms with Gasteiger partial charge in [0.05, 0.1) is 29.8 Å². The number of nitrogens with one attached hydrogen (secondary N) is 1. The predicted octanol–water partition coefficient (Wildman–Crippen LogP) is 2.94. The van der Waals surface area contributed by atoms with Crippen LogP contribution in [0.15, 0.2) is 76.5 Å². The number of methoxy groups -OCH3 is 2. The molecule has 1 aliphatic rings. The molecule has 0 aliphatic carbocycles. The Balaban J connectivity index is 1.70. The van der Waals surface area contributed by atoms with E-state index in [1.807, 2.05) is 0 Å². The van der Waals surface area contributed by atoms with Gasteiger partial charge in [-0.15, -0.1) is 0 Å². The fourth-order valence-electron chi connectivity index (χ4n) is 3.98. The van der Waals surface area contributed by atoms with E-state index in [-0.39, 0.29) is 27.5 Å². The molecule has 3 aromatic rings. The fourth-order valence-corrected chi connectivity index (χ4v) is 8.36. The van der Waals surface area contributed by atoms with Crippen molar-refractivity contribution in [3.8, 4) is 11.5 Å². The fraction of sp³-hybridized carbons (Fsp3) is 0.208. The lowest BCUT2D eigenvalue weighted by atomic mass is 10.0. The second kappa shape index (κ2) is 9.11. The highest BCUT2D eigenvalue weighted by molar-refractivity contribution is 7.96. The highest BCUT2D eigenvalue weighted by Gasteiger charge is 2.45. The van der Waals surface area contributed by atoms with Crippen LogP contribution in [0.4, 0.5) is 0 Å². The van der Waals surface area contributed by atoms with Gasteiger partial charge >= 0.3 is 0 Å². The van der Waals surface area contributed by atoms with Crippen LogP contribution < -0.4 is 14.8 Å². The lowest BCUT2D eigenvalue weighted by molar-refractivity contribution is 0.0949. The molecule has 10 heteroatoms. The van der Waals surface area contributed by atoms with Crippen LogP contribution in [0.2, 0.25) is 0 Å². The minimum Gasteiger partial charge on any atom is -0.497 e. The van der Waals surface area contributed by atoms with Crippen LogP contribution in [-0.2, 0) is 26.2 Å². The van der Waals surface area contributed by atoms with Crippen LogP contribution >= 0.6 is 0 Å². The molecule has 0 bridgehead atoms. The molecule has 4 rings (SSSR count). The van der Waals surface area contributed by atoms with Crippen molar-refractivity contribution in [1.82, 2.24) is 5.32 Å². The van der Waals surface area contributed by atoms with Gasteiger partial charge in [0.2, 0.25) is 0 Å². The molecular formula is C24H23NO7S2. The van der Waals surface area contributed by atoms with Crippen molar-refractivity contribution >= 4 is 25.6 Å². The van der Waals surface area contributed by atoms with Gasteiger partial charge in [0.25, 0.3) is 5.91 Å². The topological polar surface area (TPSA) is 116 Å². The Kier molecular flexibility index (Phi) is 6.37. The Morgan fingerprint density at radius 2 is 1.62 bits per heavy atom. The number of hydrogen-bond donors (Lipinski definition) is 1. The zero-order valence-electron chi connectivity index (χ0n) is 18.5. The van der Waals surface area contributed by atoms with Crippen LogP contribution in [0.1, 0.15) is 26.7 Å². The van der Waals surface area contributed by atoms with Gasteiger partial charge in [0, 0.05) is 23.7 Å². The molecule has 0 saturated heterocycles. The summed E-state index contributed by atoms with van der Waals surface area (Å²) in [6.07, 6.45) is 0. The van der Waals surface area contributed by atoms with E-state index < -0.39 is 36.6 Å². The summed E-state index contributed by atoms with van der Waals surface area (Å²) in [5.74, 6) is -0.102. The number of rotatable bonds is 7. The van der Waals surface area contributed by atoms with Crippen LogP contribution in [0.5, 0.6) is 11.5 Å². The molecule has 34 heavy (non-hydrogen) atoms. The Morgan fingerprint density at radius 3 is 2.24 bits per heavy atom. The lowest BCUT2D eigenvalue weighted by Crippen LogP contribution is -2.25. The molecule has 1 unspecified atom stereocenters. The zero-order chi connectivity index (χ0) is 24.5. The van der Waals surface area contributed by atoms with Gasteiger partial charge in [-0.3, -0.25) is 4.79 Å². The molecule has 0 fully saturated rings. The first kappa shape index (κ1) is 23.8. The lowest BCUT2D eigenvalue weighted by Gasteiger charge is -2.16. The van der Waals surface area contributed by atoms with Crippen LogP contribution in [-0.4, -0.2) is 42.7 Å². The van der Waals surface area contributed by atoms with Gasteiger partial charge in [-0.1, -0.05) is 24.3 Å². The summed E-state index contributed by atoms with van der Waals surface area (Å²) in [5.41, 5.74) is 0.711. The van der Waals surface area contributed by atoms with Crippen molar-refractivity contribution in [2.45, 2.75) is 21.6 Å². The molecule has 0 spiro atoms. The van der Waals surface area contributed by atoms with Crippen molar-refractivity contribution in [3.05, 3.63) is 83.4 Å². The van der Waals surface area contributed by atoms with E-state index >= 15 is 0 Å². The van der Waals surface area contributed by atoms with E-state index in [1.165, 1.54) is 44.6 Å². The van der Waals surface area contributed by atoms with Gasteiger partial charge in [0.15, 0.2) is 19.7 Å².